The van der Waals surface area contributed by atoms with Gasteiger partial charge in [-0.2, -0.15) is 79.9 Å². The van der Waals surface area contributed by atoms with Crippen molar-refractivity contribution in [3.05, 3.63) is 279 Å². The lowest BCUT2D eigenvalue weighted by molar-refractivity contribution is -0.385. The van der Waals surface area contributed by atoms with Gasteiger partial charge in [0.2, 0.25) is 85.2 Å². The number of nitrogens with one attached hydrogen (secondary N) is 7. The van der Waals surface area contributed by atoms with Crippen LogP contribution in [0, 0.1) is 20.2 Å². The molecule has 0 spiro atoms. The molecule has 4 fully saturated rings. The number of phenols is 2. The molecular formula is C80H88Cl6N30O11. The van der Waals surface area contributed by atoms with Crippen LogP contribution in [-0.2, 0) is 51.7 Å². The molecule has 7 aromatic carbocycles. The van der Waals surface area contributed by atoms with Gasteiger partial charge < -0.3 is 76.2 Å². The van der Waals surface area contributed by atoms with Gasteiger partial charge in [-0.25, -0.2) is 11.3 Å². The van der Waals surface area contributed by atoms with E-state index < -0.39 is 9.85 Å². The topological polar surface area (TPSA) is 532 Å². The number of aromatic hydroxyl groups is 2. The maximum absolute atomic E-state index is 11.2. The second kappa shape index (κ2) is 54.7. The van der Waals surface area contributed by atoms with Crippen molar-refractivity contribution in [2.45, 2.75) is 32.7 Å². The number of nitrogens with two attached hydrogens (primary N) is 2. The zero-order valence-electron chi connectivity index (χ0n) is 67.8. The minimum absolute atomic E-state index is 0.000000000000000444. The molecule has 0 amide bonds. The summed E-state index contributed by atoms with van der Waals surface area (Å²) in [5.41, 5.74) is 15.8. The Morgan fingerprint density at radius 3 is 1.02 bits per heavy atom. The summed E-state index contributed by atoms with van der Waals surface area (Å²) >= 11 is 33.2. The third-order valence-electron chi connectivity index (χ3n) is 17.0. The number of ether oxygens (including phenoxy) is 4. The van der Waals surface area contributed by atoms with Crippen LogP contribution in [0.2, 0.25) is 31.7 Å². The highest BCUT2D eigenvalue weighted by atomic mass is 35.5. The van der Waals surface area contributed by atoms with E-state index in [1.54, 1.807) is 0 Å². The molecule has 4 saturated heterocycles. The number of nitro groups is 2. The van der Waals surface area contributed by atoms with Crippen LogP contribution < -0.4 is 63.7 Å². The average molecular weight is 1860 g/mol. The molecule has 0 atom stereocenters. The van der Waals surface area contributed by atoms with Gasteiger partial charge in [-0.3, -0.25) is 30.4 Å². The number of morpholine rings is 4. The summed E-state index contributed by atoms with van der Waals surface area (Å²) in [5.74, 6) is 8.92. The Morgan fingerprint density at radius 2 is 0.693 bits per heavy atom. The normalized spacial score (nSPS) is 13.1. The number of rotatable bonds is 23. The summed E-state index contributed by atoms with van der Waals surface area (Å²) in [6.07, 6.45) is 1.64. The number of hydrogen-bond acceptors (Lipinski definition) is 39. The maximum atomic E-state index is 11.2. The zero-order chi connectivity index (χ0) is 90.2. The minimum atomic E-state index is -0.719. The van der Waals surface area contributed by atoms with Crippen molar-refractivity contribution in [2.75, 3.05) is 152 Å². The van der Waals surface area contributed by atoms with Crippen molar-refractivity contribution in [3.8, 4) is 11.5 Å². The summed E-state index contributed by atoms with van der Waals surface area (Å²) in [6.45, 7) is 15.0. The first-order valence-electron chi connectivity index (χ1n) is 38.8. The highest BCUT2D eigenvalue weighted by Crippen LogP contribution is 2.26. The van der Waals surface area contributed by atoms with E-state index in [4.69, 9.17) is 105 Å². The van der Waals surface area contributed by atoms with E-state index in [-0.39, 0.29) is 71.7 Å². The molecule has 4 aliphatic heterocycles. The average Bonchev–Trinajstić information content (AvgIpc) is 0.822. The van der Waals surface area contributed by atoms with Crippen molar-refractivity contribution in [1.29, 1.82) is 0 Å². The number of hydrazone groups is 1. The number of aromatic nitrogens is 15. The molecule has 0 radical (unpaired) electrons. The fraction of sp³-hybridized carbons (Fsp3) is 0.263. The molecule has 9 heterocycles. The van der Waals surface area contributed by atoms with E-state index in [9.17, 15) is 30.1 Å². The third-order valence-corrected chi connectivity index (χ3v) is 18.0. The second-order valence-corrected chi connectivity index (χ2v) is 28.0. The van der Waals surface area contributed by atoms with Crippen molar-refractivity contribution in [3.63, 3.8) is 0 Å². The second-order valence-electron chi connectivity index (χ2n) is 26.0. The Balaban J connectivity index is 0.000000173. The molecule has 0 saturated carbocycles. The summed E-state index contributed by atoms with van der Waals surface area (Å²) < 4.78 is 21.1. The Labute approximate surface area is 758 Å². The summed E-state index contributed by atoms with van der Waals surface area (Å²) in [5, 5.41) is 60.0. The first-order chi connectivity index (χ1) is 61.7. The van der Waals surface area contributed by atoms with Crippen molar-refractivity contribution in [2.24, 2.45) is 16.7 Å². The lowest BCUT2D eigenvalue weighted by Gasteiger charge is -2.27. The number of benzene rings is 7. The molecule has 13 N–H and O–H groups in total. The predicted molar refractivity (Wildman–Crippen MR) is 485 cm³/mol. The SMILES string of the molecule is C1COCCN1.Clc1nc(Cl)nc(Cl)n1.Clc1nc(Cl)nc(NCc2ccccc2)n1.Clc1nc(NCc2ccccc2)nc(N2CCOCC2)n1.NCc1ccccc1.NNc1nc(NCc2ccccc2)nc(N2CCOCC2)n1.O=Cc1ccc(O)cc1[N+](=O)[O-].O=[N+]([O-])c1cc(O)ccc1/C=N/Nc1nc(NCc2ccccc2)nc(N2CCOCC2)n1. The molecule has 5 aromatic heterocycles. The fourth-order valence-electron chi connectivity index (χ4n) is 10.8. The number of nitrogens with zero attached hydrogens (tertiary/aromatic N) is 21. The molecular weight excluding hydrogens is 1770 g/mol. The number of carbonyl (C=O) groups excluding carboxylic acids is 1. The number of aldehydes is 1. The van der Waals surface area contributed by atoms with E-state index in [2.05, 4.69) is 122 Å². The highest BCUT2D eigenvalue weighted by molar-refractivity contribution is 6.33. The molecule has 666 valence electrons. The molecule has 16 rings (SSSR count). The van der Waals surface area contributed by atoms with Crippen molar-refractivity contribution < 1.29 is 43.8 Å². The lowest BCUT2D eigenvalue weighted by atomic mass is 10.2. The van der Waals surface area contributed by atoms with E-state index in [1.807, 2.05) is 161 Å². The first kappa shape index (κ1) is 97.8. The number of phenolic OH excluding ortho intramolecular Hbond substituents is 2. The van der Waals surface area contributed by atoms with Gasteiger partial charge >= 0.3 is 0 Å². The molecule has 0 bridgehead atoms. The molecule has 0 aliphatic carbocycles. The third kappa shape index (κ3) is 36.6. The lowest BCUT2D eigenvalue weighted by Crippen LogP contribution is -2.37. The minimum Gasteiger partial charge on any atom is -0.508 e. The summed E-state index contributed by atoms with van der Waals surface area (Å²) in [4.78, 5) is 97.4. The molecule has 47 heteroatoms. The van der Waals surface area contributed by atoms with Crippen LogP contribution in [0.25, 0.3) is 0 Å². The number of anilines is 9. The van der Waals surface area contributed by atoms with Gasteiger partial charge in [0, 0.05) is 85.1 Å². The van der Waals surface area contributed by atoms with Gasteiger partial charge in [0.1, 0.15) is 11.5 Å². The largest absolute Gasteiger partial charge is 0.508 e. The standard InChI is InChI=1S/C21H22N8O4.C14H16ClN5O.C14H19N7O.C10H8Cl2N4.C7H5NO4.C7H9N.C4H9NO.C3Cl3N3/c30-17-7-6-16(18(12-17)29(31)32)14-23-27-20-24-19(22-13-15-4-2-1-3-5-15)25-21(26-20)28-8-10-33-11-9-28;15-12-17-13(16-10-11-4-2-1-3-5-11)19-14(18-12)20-6-8-21-9-7-20;15-20-13-17-12(16-10-11-4-2-1-3-5-11)18-14(19-13)21-6-8-22-9-7-21;11-8-14-9(12)16-10(15-8)13-6-7-4-2-1-3-5-7;9-4-5-1-2-6(10)3-7(5)8(11)12;8-6-7-4-2-1-3-5-7;1-3-6-4-2-5-1;4-1-7-2(5)9-3(6)8-1/h1-7,12,14,30H,8-11,13H2,(H2,22,24,25,26,27);1-5H,6-10H2,(H,16,17,18,19);1-5H,6-10,15H2,(H2,16,17,18,19,20);1-5H,6H2,(H,13,14,15,16);1-4,10H;1-5H,6,8H2;5H,1-4H2;/b23-14+;;;;;;;. The van der Waals surface area contributed by atoms with Gasteiger partial charge in [-0.15, -0.1) is 0 Å². The maximum Gasteiger partial charge on any atom is 0.283 e. The van der Waals surface area contributed by atoms with Crippen LogP contribution >= 0.6 is 69.6 Å². The summed E-state index contributed by atoms with van der Waals surface area (Å²) in [6, 6.07) is 57.0. The van der Waals surface area contributed by atoms with E-state index in [0.29, 0.717) is 139 Å². The number of carbonyl (C=O) groups is 1. The van der Waals surface area contributed by atoms with Crippen LogP contribution in [0.5, 0.6) is 11.5 Å². The monoisotopic (exact) mass is 1850 g/mol. The fourth-order valence-corrected chi connectivity index (χ4v) is 12.0. The van der Waals surface area contributed by atoms with E-state index >= 15 is 0 Å². The highest BCUT2D eigenvalue weighted by Gasteiger charge is 2.21. The number of nitrogen functional groups attached to an aromatic ring is 1. The van der Waals surface area contributed by atoms with Crippen LogP contribution in [0.3, 0.4) is 0 Å². The van der Waals surface area contributed by atoms with Crippen molar-refractivity contribution >= 4 is 147 Å². The predicted octanol–water partition coefficient (Wildman–Crippen LogP) is 11.4. The van der Waals surface area contributed by atoms with Gasteiger partial charge in [0.05, 0.1) is 92.2 Å². The molecule has 41 nitrogen and oxygen atoms in total. The quantitative estimate of drug-likeness (QED) is 0.00931. The van der Waals surface area contributed by atoms with Crippen LogP contribution in [-0.4, -0.2) is 213 Å². The van der Waals surface area contributed by atoms with Crippen LogP contribution in [0.4, 0.5) is 64.9 Å². The van der Waals surface area contributed by atoms with Crippen LogP contribution in [0.1, 0.15) is 43.7 Å². The van der Waals surface area contributed by atoms with Crippen LogP contribution in [0.15, 0.2) is 193 Å². The number of hydrogen-bond donors (Lipinski definition) is 11. The molecule has 12 aromatic rings. The zero-order valence-corrected chi connectivity index (χ0v) is 72.3. The molecule has 127 heavy (non-hydrogen) atoms. The molecule has 0 unspecified atom stereocenters. The Hall–Kier alpha value is -13.0. The molecule has 4 aliphatic rings. The Bertz CT molecular complexity index is 5280. The number of hydrazine groups is 1. The van der Waals surface area contributed by atoms with Gasteiger partial charge in [0.25, 0.3) is 11.4 Å². The Morgan fingerprint density at radius 1 is 0.394 bits per heavy atom. The van der Waals surface area contributed by atoms with Gasteiger partial charge in [-0.05, 0) is 122 Å². The first-order valence-corrected chi connectivity index (χ1v) is 41.0. The van der Waals surface area contributed by atoms with Crippen molar-refractivity contribution in [1.82, 2.24) is 80.1 Å². The Kier molecular flexibility index (Phi) is 42.1. The summed E-state index contributed by atoms with van der Waals surface area (Å²) in [7, 11) is 0. The van der Waals surface area contributed by atoms with E-state index in [0.717, 1.165) is 86.9 Å². The van der Waals surface area contributed by atoms with Gasteiger partial charge in [0.15, 0.2) is 6.29 Å². The number of nitro benzene ring substituents is 2. The van der Waals surface area contributed by atoms with E-state index in [1.165, 1.54) is 36.0 Å². The number of halogens is 6. The smallest absolute Gasteiger partial charge is 0.283 e. The van der Waals surface area contributed by atoms with Gasteiger partial charge in [-0.1, -0.05) is 152 Å².